The monoisotopic (exact) mass is 373 g/mol. The summed E-state index contributed by atoms with van der Waals surface area (Å²) in [5.41, 5.74) is 4.42. The van der Waals surface area contributed by atoms with Crippen molar-refractivity contribution in [2.45, 2.75) is 45.4 Å². The molecule has 1 amide bonds. The van der Waals surface area contributed by atoms with Crippen molar-refractivity contribution in [1.82, 2.24) is 4.90 Å². The third-order valence-electron chi connectivity index (χ3n) is 4.24. The highest BCUT2D eigenvalue weighted by Crippen LogP contribution is 2.38. The van der Waals surface area contributed by atoms with Gasteiger partial charge < -0.3 is 20.7 Å². The minimum atomic E-state index is -4.46. The van der Waals surface area contributed by atoms with Crippen molar-refractivity contribution < 1.29 is 22.7 Å². The first kappa shape index (κ1) is 20.2. The number of alkyl halides is 3. The molecule has 1 saturated heterocycles. The minimum Gasteiger partial charge on any atom is -0.444 e. The van der Waals surface area contributed by atoms with E-state index in [0.29, 0.717) is 32.5 Å². The van der Waals surface area contributed by atoms with Crippen molar-refractivity contribution in [3.05, 3.63) is 23.8 Å². The van der Waals surface area contributed by atoms with E-state index in [1.807, 2.05) is 20.8 Å². The van der Waals surface area contributed by atoms with Crippen molar-refractivity contribution in [2.75, 3.05) is 30.7 Å². The molecule has 0 unspecified atom stereocenters. The van der Waals surface area contributed by atoms with E-state index in [1.165, 1.54) is 12.1 Å². The predicted molar refractivity (Wildman–Crippen MR) is 94.9 cm³/mol. The molecule has 8 heteroatoms. The molecule has 1 fully saturated rings. The predicted octanol–water partition coefficient (Wildman–Crippen LogP) is 4.35. The maximum atomic E-state index is 13.1. The van der Waals surface area contributed by atoms with Crippen LogP contribution >= 0.6 is 0 Å². The summed E-state index contributed by atoms with van der Waals surface area (Å²) in [4.78, 5) is 13.7. The van der Waals surface area contributed by atoms with Crippen LogP contribution in [0.1, 0.15) is 39.2 Å². The van der Waals surface area contributed by atoms with E-state index in [-0.39, 0.29) is 23.4 Å². The minimum absolute atomic E-state index is 0.0745. The Balaban J connectivity index is 1.91. The van der Waals surface area contributed by atoms with E-state index in [2.05, 4.69) is 5.32 Å². The first-order valence-electron chi connectivity index (χ1n) is 8.65. The second-order valence-electron chi connectivity index (χ2n) is 7.56. The van der Waals surface area contributed by atoms with Crippen molar-refractivity contribution in [2.24, 2.45) is 5.92 Å². The van der Waals surface area contributed by atoms with Gasteiger partial charge in [0.1, 0.15) is 5.60 Å². The maximum absolute atomic E-state index is 13.1. The quantitative estimate of drug-likeness (QED) is 0.773. The van der Waals surface area contributed by atoms with Crippen LogP contribution in [0.2, 0.25) is 0 Å². The number of benzene rings is 1. The van der Waals surface area contributed by atoms with Gasteiger partial charge in [0.25, 0.3) is 0 Å². The lowest BCUT2D eigenvalue weighted by Crippen LogP contribution is -2.42. The fourth-order valence-corrected chi connectivity index (χ4v) is 2.90. The third kappa shape index (κ3) is 5.44. The Morgan fingerprint density at radius 1 is 1.27 bits per heavy atom. The van der Waals surface area contributed by atoms with Crippen molar-refractivity contribution >= 4 is 17.5 Å². The van der Waals surface area contributed by atoms with Crippen molar-refractivity contribution in [3.8, 4) is 0 Å². The van der Waals surface area contributed by atoms with Gasteiger partial charge in [0.2, 0.25) is 0 Å². The van der Waals surface area contributed by atoms with Gasteiger partial charge in [-0.25, -0.2) is 4.79 Å². The number of ether oxygens (including phenoxy) is 1. The van der Waals surface area contributed by atoms with Crippen LogP contribution in [0.25, 0.3) is 0 Å². The van der Waals surface area contributed by atoms with Gasteiger partial charge in [-0.3, -0.25) is 0 Å². The number of nitrogen functional groups attached to an aromatic ring is 1. The van der Waals surface area contributed by atoms with Crippen LogP contribution in [0.15, 0.2) is 18.2 Å². The van der Waals surface area contributed by atoms with Gasteiger partial charge in [-0.15, -0.1) is 0 Å². The van der Waals surface area contributed by atoms with Crippen LogP contribution in [0.4, 0.5) is 29.3 Å². The number of amides is 1. The van der Waals surface area contributed by atoms with E-state index < -0.39 is 17.3 Å². The second-order valence-corrected chi connectivity index (χ2v) is 7.56. The zero-order chi connectivity index (χ0) is 19.5. The molecule has 0 radical (unpaired) electrons. The Hall–Kier alpha value is -2.12. The van der Waals surface area contributed by atoms with Gasteiger partial charge in [-0.2, -0.15) is 13.2 Å². The van der Waals surface area contributed by atoms with Gasteiger partial charge in [-0.1, -0.05) is 6.07 Å². The third-order valence-corrected chi connectivity index (χ3v) is 4.24. The number of hydrogen-bond acceptors (Lipinski definition) is 4. The highest BCUT2D eigenvalue weighted by Gasteiger charge is 2.34. The van der Waals surface area contributed by atoms with Crippen LogP contribution in [-0.2, 0) is 10.9 Å². The van der Waals surface area contributed by atoms with Gasteiger partial charge in [0.15, 0.2) is 0 Å². The van der Waals surface area contributed by atoms with Crippen LogP contribution in [0.3, 0.4) is 0 Å². The Bertz CT molecular complexity index is 634. The molecule has 2 rings (SSSR count). The van der Waals surface area contributed by atoms with Crippen LogP contribution in [0, 0.1) is 5.92 Å². The number of piperidine rings is 1. The van der Waals surface area contributed by atoms with Crippen LogP contribution in [-0.4, -0.2) is 36.2 Å². The zero-order valence-electron chi connectivity index (χ0n) is 15.3. The molecule has 0 atom stereocenters. The lowest BCUT2D eigenvalue weighted by atomic mass is 9.96. The molecule has 146 valence electrons. The molecule has 1 aromatic carbocycles. The Labute approximate surface area is 151 Å². The number of halogens is 3. The molecule has 5 nitrogen and oxygen atoms in total. The first-order chi connectivity index (χ1) is 12.0. The molecule has 0 spiro atoms. The van der Waals surface area contributed by atoms with Crippen LogP contribution in [0.5, 0.6) is 0 Å². The Morgan fingerprint density at radius 3 is 2.42 bits per heavy atom. The molecular formula is C18H26F3N3O2. The number of likely N-dealkylation sites (tertiary alicyclic amines) is 1. The highest BCUT2D eigenvalue weighted by molar-refractivity contribution is 5.71. The first-order valence-corrected chi connectivity index (χ1v) is 8.65. The molecule has 26 heavy (non-hydrogen) atoms. The summed E-state index contributed by atoms with van der Waals surface area (Å²) in [6, 6.07) is 3.76. The molecule has 1 aliphatic heterocycles. The number of hydrogen-bond donors (Lipinski definition) is 2. The summed E-state index contributed by atoms with van der Waals surface area (Å²) in [6.07, 6.45) is -3.42. The summed E-state index contributed by atoms with van der Waals surface area (Å²) in [7, 11) is 0. The largest absolute Gasteiger partial charge is 0.444 e. The molecule has 0 saturated carbocycles. The Kier molecular flexibility index (Phi) is 5.93. The maximum Gasteiger partial charge on any atom is 0.418 e. The average Bonchev–Trinajstić information content (AvgIpc) is 2.51. The van der Waals surface area contributed by atoms with Gasteiger partial charge >= 0.3 is 12.3 Å². The zero-order valence-corrected chi connectivity index (χ0v) is 15.3. The van der Waals surface area contributed by atoms with Gasteiger partial charge in [0.05, 0.1) is 16.9 Å². The number of rotatable bonds is 3. The Morgan fingerprint density at radius 2 is 1.88 bits per heavy atom. The lowest BCUT2D eigenvalue weighted by molar-refractivity contribution is -0.136. The fraction of sp³-hybridized carbons (Fsp3) is 0.611. The number of nitrogens with zero attached hydrogens (tertiary/aromatic N) is 1. The second kappa shape index (κ2) is 7.63. The summed E-state index contributed by atoms with van der Waals surface area (Å²) in [5.74, 6) is 0.161. The highest BCUT2D eigenvalue weighted by atomic mass is 19.4. The molecular weight excluding hydrogens is 347 g/mol. The number of carbonyl (C=O) groups excluding carboxylic acids is 1. The van der Waals surface area contributed by atoms with E-state index in [1.54, 1.807) is 4.90 Å². The normalized spacial score (nSPS) is 16.5. The van der Waals surface area contributed by atoms with E-state index in [4.69, 9.17) is 10.5 Å². The SMILES string of the molecule is CC(C)(C)OC(=O)N1CCC(CNc2c(N)cccc2C(F)(F)F)CC1. The molecule has 1 aliphatic rings. The van der Waals surface area contributed by atoms with Gasteiger partial charge in [0, 0.05) is 19.6 Å². The number of anilines is 2. The molecule has 1 aromatic rings. The molecule has 3 N–H and O–H groups in total. The summed E-state index contributed by atoms with van der Waals surface area (Å²) >= 11 is 0. The van der Waals surface area contributed by atoms with E-state index in [9.17, 15) is 18.0 Å². The molecule has 0 aromatic heterocycles. The molecule has 1 heterocycles. The fourth-order valence-electron chi connectivity index (χ4n) is 2.90. The molecule has 0 bridgehead atoms. The number of para-hydroxylation sites is 1. The van der Waals surface area contributed by atoms with E-state index in [0.717, 1.165) is 6.07 Å². The number of nitrogens with one attached hydrogen (secondary N) is 1. The number of nitrogens with two attached hydrogens (primary N) is 1. The standard InChI is InChI=1S/C18H26F3N3O2/c1-17(2,3)26-16(25)24-9-7-12(8-10-24)11-23-15-13(18(19,20)21)5-4-6-14(15)22/h4-6,12,23H,7-11,22H2,1-3H3. The topological polar surface area (TPSA) is 67.6 Å². The summed E-state index contributed by atoms with van der Waals surface area (Å²) in [5, 5.41) is 2.86. The smallest absolute Gasteiger partial charge is 0.418 e. The van der Waals surface area contributed by atoms with Crippen molar-refractivity contribution in [3.63, 3.8) is 0 Å². The van der Waals surface area contributed by atoms with Crippen LogP contribution < -0.4 is 11.1 Å². The van der Waals surface area contributed by atoms with Gasteiger partial charge in [-0.05, 0) is 51.7 Å². The summed E-state index contributed by atoms with van der Waals surface area (Å²) in [6.45, 7) is 6.85. The van der Waals surface area contributed by atoms with E-state index >= 15 is 0 Å². The molecule has 0 aliphatic carbocycles. The number of carbonyl (C=O) groups is 1. The van der Waals surface area contributed by atoms with Crippen molar-refractivity contribution in [1.29, 1.82) is 0 Å². The summed E-state index contributed by atoms with van der Waals surface area (Å²) < 4.78 is 44.7. The lowest BCUT2D eigenvalue weighted by Gasteiger charge is -2.33. The average molecular weight is 373 g/mol.